The van der Waals surface area contributed by atoms with E-state index in [1.54, 1.807) is 43.3 Å². The van der Waals surface area contributed by atoms with E-state index < -0.39 is 53.1 Å². The molecule has 0 saturated carbocycles. The number of fused-ring (bicyclic) bond motifs is 5. The lowest BCUT2D eigenvalue weighted by molar-refractivity contribution is -0.231. The number of para-hydroxylation sites is 2. The van der Waals surface area contributed by atoms with Gasteiger partial charge in [0.15, 0.2) is 5.60 Å². The molecule has 0 aromatic heterocycles. The normalized spacial score (nSPS) is 31.3. The summed E-state index contributed by atoms with van der Waals surface area (Å²) in [5, 5.41) is 0. The van der Waals surface area contributed by atoms with Gasteiger partial charge in [-0.3, -0.25) is 19.2 Å². The van der Waals surface area contributed by atoms with E-state index >= 15 is 0 Å². The van der Waals surface area contributed by atoms with Gasteiger partial charge in [0, 0.05) is 13.8 Å². The molecule has 0 radical (unpaired) electrons. The molecule has 0 N–H and O–H groups in total. The van der Waals surface area contributed by atoms with Crippen molar-refractivity contribution in [3.63, 3.8) is 0 Å². The molecule has 0 aliphatic carbocycles. The maximum absolute atomic E-state index is 13.5. The first-order valence-corrected chi connectivity index (χ1v) is 9.40. The van der Waals surface area contributed by atoms with Crippen LogP contribution in [0.25, 0.3) is 0 Å². The zero-order valence-corrected chi connectivity index (χ0v) is 16.9. The summed E-state index contributed by atoms with van der Waals surface area (Å²) in [6.07, 6.45) is 1.67. The maximum Gasteiger partial charge on any atom is 0.305 e. The summed E-state index contributed by atoms with van der Waals surface area (Å²) in [5.41, 5.74) is -2.44. The number of ether oxygens (including phenoxy) is 4. The minimum absolute atomic E-state index is 0.305. The molecule has 3 aliphatic heterocycles. The highest BCUT2D eigenvalue weighted by Crippen LogP contribution is 2.59. The fourth-order valence-electron chi connectivity index (χ4n) is 4.62. The van der Waals surface area contributed by atoms with E-state index in [9.17, 15) is 19.2 Å². The number of benzene rings is 1. The number of hydrogen-bond acceptors (Lipinski definition) is 8. The molecule has 1 aromatic rings. The van der Waals surface area contributed by atoms with Gasteiger partial charge in [-0.1, -0.05) is 18.2 Å². The largest absolute Gasteiger partial charge is 0.495 e. The molecule has 1 aromatic carbocycles. The Morgan fingerprint density at radius 1 is 1.03 bits per heavy atom. The van der Waals surface area contributed by atoms with Crippen molar-refractivity contribution in [2.45, 2.75) is 38.3 Å². The molecule has 0 spiro atoms. The lowest BCUT2D eigenvalue weighted by atomic mass is 9.72. The first-order chi connectivity index (χ1) is 14.1. The fourth-order valence-corrected chi connectivity index (χ4v) is 4.62. The molecule has 2 amide bonds. The molecule has 2 saturated heterocycles. The first-order valence-electron chi connectivity index (χ1n) is 9.40. The molecule has 2 fully saturated rings. The zero-order chi connectivity index (χ0) is 21.8. The third-order valence-electron chi connectivity index (χ3n) is 5.72. The second-order valence-corrected chi connectivity index (χ2v) is 7.66. The molecule has 9 nitrogen and oxygen atoms in total. The minimum Gasteiger partial charge on any atom is -0.495 e. The van der Waals surface area contributed by atoms with Crippen molar-refractivity contribution in [3.8, 4) is 5.75 Å². The summed E-state index contributed by atoms with van der Waals surface area (Å²) in [6.45, 7) is 3.98. The number of anilines is 1. The second-order valence-electron chi connectivity index (χ2n) is 7.66. The van der Waals surface area contributed by atoms with Crippen LogP contribution < -0.4 is 9.64 Å². The maximum atomic E-state index is 13.5. The van der Waals surface area contributed by atoms with Crippen LogP contribution in [0.5, 0.6) is 5.75 Å². The van der Waals surface area contributed by atoms with Crippen molar-refractivity contribution < 1.29 is 38.1 Å². The van der Waals surface area contributed by atoms with Gasteiger partial charge < -0.3 is 18.9 Å². The number of nitrogens with zero attached hydrogens (tertiary/aromatic N) is 1. The van der Waals surface area contributed by atoms with Gasteiger partial charge >= 0.3 is 11.9 Å². The summed E-state index contributed by atoms with van der Waals surface area (Å²) in [4.78, 5) is 51.3. The van der Waals surface area contributed by atoms with Crippen LogP contribution in [0, 0.1) is 11.8 Å². The van der Waals surface area contributed by atoms with E-state index in [-0.39, 0.29) is 0 Å². The van der Waals surface area contributed by atoms with Gasteiger partial charge in [0.05, 0.1) is 30.2 Å². The molecule has 0 unspecified atom stereocenters. The Hall–Kier alpha value is -3.20. The highest BCUT2D eigenvalue weighted by atomic mass is 16.7. The number of rotatable bonds is 5. The highest BCUT2D eigenvalue weighted by Gasteiger charge is 2.76. The molecular weight excluding hydrogens is 394 g/mol. The van der Waals surface area contributed by atoms with Crippen LogP contribution in [-0.2, 0) is 33.4 Å². The van der Waals surface area contributed by atoms with Crippen molar-refractivity contribution in [1.82, 2.24) is 0 Å². The van der Waals surface area contributed by atoms with Crippen LogP contribution >= 0.6 is 0 Å². The van der Waals surface area contributed by atoms with Gasteiger partial charge in [-0.25, -0.2) is 4.90 Å². The van der Waals surface area contributed by atoms with Gasteiger partial charge in [0.25, 0.3) is 6.29 Å². The van der Waals surface area contributed by atoms with Gasteiger partial charge in [-0.05, 0) is 25.1 Å². The third-order valence-corrected chi connectivity index (χ3v) is 5.72. The van der Waals surface area contributed by atoms with Crippen LogP contribution in [0.15, 0.2) is 36.4 Å². The SMILES string of the molecule is COc1ccccc1N1C(=O)[C@@H]2[C@@H](C1=O)[C@@]1(C(OC(C)=O)OC(C)=O)C=C[C@@]2(C)O1. The van der Waals surface area contributed by atoms with Crippen LogP contribution in [0.3, 0.4) is 0 Å². The molecule has 4 rings (SSSR count). The molecule has 4 atom stereocenters. The summed E-state index contributed by atoms with van der Waals surface area (Å²) in [5.74, 6) is -4.02. The lowest BCUT2D eigenvalue weighted by Gasteiger charge is -2.34. The fraction of sp³-hybridized carbons (Fsp3) is 0.429. The Bertz CT molecular complexity index is 971. The standard InChI is InChI=1S/C21H21NO8/c1-11(23)28-19(29-12(2)24)21-10-9-20(3,30-21)15-16(21)18(26)22(17(15)25)13-7-5-6-8-14(13)27-4/h5-10,15-16,19H,1-4H3/t15-,16-,20+,21+/m0/s1. The van der Waals surface area contributed by atoms with Crippen LogP contribution in [-0.4, -0.2) is 48.4 Å². The van der Waals surface area contributed by atoms with Gasteiger partial charge in [0.1, 0.15) is 5.75 Å². The minimum atomic E-state index is -1.61. The second kappa shape index (κ2) is 6.66. The number of hydrogen-bond donors (Lipinski definition) is 0. The average Bonchev–Trinajstić information content (AvgIpc) is 3.26. The van der Waals surface area contributed by atoms with E-state index in [1.165, 1.54) is 7.11 Å². The monoisotopic (exact) mass is 415 g/mol. The number of carbonyl (C=O) groups is 4. The smallest absolute Gasteiger partial charge is 0.305 e. The lowest BCUT2D eigenvalue weighted by Crippen LogP contribution is -2.52. The molecule has 9 heteroatoms. The number of imide groups is 1. The van der Waals surface area contributed by atoms with Crippen molar-refractivity contribution >= 4 is 29.4 Å². The van der Waals surface area contributed by atoms with Gasteiger partial charge in [-0.15, -0.1) is 0 Å². The summed E-state index contributed by atoms with van der Waals surface area (Å²) < 4.78 is 21.9. The predicted octanol–water partition coefficient (Wildman–Crippen LogP) is 1.35. The summed E-state index contributed by atoms with van der Waals surface area (Å²) in [6, 6.07) is 6.67. The molecule has 158 valence electrons. The highest BCUT2D eigenvalue weighted by molar-refractivity contribution is 6.24. The van der Waals surface area contributed by atoms with E-state index in [4.69, 9.17) is 18.9 Å². The molecule has 3 aliphatic rings. The predicted molar refractivity (Wildman–Crippen MR) is 101 cm³/mol. The summed E-state index contributed by atoms with van der Waals surface area (Å²) >= 11 is 0. The van der Waals surface area contributed by atoms with Crippen molar-refractivity contribution in [2.24, 2.45) is 11.8 Å². The Balaban J connectivity index is 1.81. The van der Waals surface area contributed by atoms with E-state index in [0.29, 0.717) is 11.4 Å². The Labute approximate surface area is 172 Å². The molecule has 2 bridgehead atoms. The van der Waals surface area contributed by atoms with Gasteiger partial charge in [-0.2, -0.15) is 0 Å². The number of carbonyl (C=O) groups excluding carboxylic acids is 4. The van der Waals surface area contributed by atoms with Crippen LogP contribution in [0.2, 0.25) is 0 Å². The summed E-state index contributed by atoms with van der Waals surface area (Å²) in [7, 11) is 1.44. The Morgan fingerprint density at radius 2 is 1.63 bits per heavy atom. The average molecular weight is 415 g/mol. The topological polar surface area (TPSA) is 108 Å². The quantitative estimate of drug-likeness (QED) is 0.307. The van der Waals surface area contributed by atoms with Crippen molar-refractivity contribution in [2.75, 3.05) is 12.0 Å². The first kappa shape index (κ1) is 20.1. The third kappa shape index (κ3) is 2.65. The number of esters is 2. The van der Waals surface area contributed by atoms with Crippen LogP contribution in [0.1, 0.15) is 20.8 Å². The Kier molecular flexibility index (Phi) is 4.46. The zero-order valence-electron chi connectivity index (χ0n) is 16.9. The Morgan fingerprint density at radius 3 is 2.23 bits per heavy atom. The number of methoxy groups -OCH3 is 1. The molecular formula is C21H21NO8. The number of amides is 2. The van der Waals surface area contributed by atoms with E-state index in [1.807, 2.05) is 0 Å². The van der Waals surface area contributed by atoms with Crippen LogP contribution in [0.4, 0.5) is 5.69 Å². The van der Waals surface area contributed by atoms with E-state index in [2.05, 4.69) is 0 Å². The van der Waals surface area contributed by atoms with Crippen molar-refractivity contribution in [3.05, 3.63) is 36.4 Å². The molecule has 3 heterocycles. The van der Waals surface area contributed by atoms with E-state index in [0.717, 1.165) is 18.7 Å². The molecule has 30 heavy (non-hydrogen) atoms. The van der Waals surface area contributed by atoms with Crippen molar-refractivity contribution in [1.29, 1.82) is 0 Å². The van der Waals surface area contributed by atoms with Gasteiger partial charge in [0.2, 0.25) is 11.8 Å².